The molecule has 16 heavy (non-hydrogen) atoms. The highest BCUT2D eigenvalue weighted by Crippen LogP contribution is 2.44. The van der Waals surface area contributed by atoms with Gasteiger partial charge in [-0.3, -0.25) is 4.79 Å². The summed E-state index contributed by atoms with van der Waals surface area (Å²) in [6.45, 7) is 4.16. The van der Waals surface area contributed by atoms with Gasteiger partial charge in [0.15, 0.2) is 0 Å². The maximum atomic E-state index is 11.3. The minimum atomic E-state index is -0.755. The fourth-order valence-electron chi connectivity index (χ4n) is 2.24. The summed E-state index contributed by atoms with van der Waals surface area (Å²) < 4.78 is 5.54. The van der Waals surface area contributed by atoms with E-state index in [4.69, 9.17) is 4.74 Å². The average molecular weight is 220 g/mol. The Labute approximate surface area is 95.0 Å². The molecule has 1 aromatic rings. The molecular formula is C13H16O3. The quantitative estimate of drug-likeness (QED) is 0.833. The topological polar surface area (TPSA) is 46.5 Å². The fourth-order valence-corrected chi connectivity index (χ4v) is 2.24. The SMILES string of the molecule is CC(C)(C(=O)O)C1CCOc2ccccc21. The molecule has 1 unspecified atom stereocenters. The Bertz CT molecular complexity index is 409. The molecule has 1 heterocycles. The number of ether oxygens (including phenoxy) is 1. The molecule has 0 aromatic heterocycles. The summed E-state index contributed by atoms with van der Waals surface area (Å²) in [5.41, 5.74) is 0.265. The van der Waals surface area contributed by atoms with E-state index in [-0.39, 0.29) is 5.92 Å². The van der Waals surface area contributed by atoms with Crippen molar-refractivity contribution < 1.29 is 14.6 Å². The van der Waals surface area contributed by atoms with Crippen LogP contribution in [0.1, 0.15) is 31.7 Å². The summed E-state index contributed by atoms with van der Waals surface area (Å²) in [7, 11) is 0. The molecule has 0 bridgehead atoms. The fraction of sp³-hybridized carbons (Fsp3) is 0.462. The molecule has 2 rings (SSSR count). The van der Waals surface area contributed by atoms with Gasteiger partial charge in [0.2, 0.25) is 0 Å². The molecule has 3 heteroatoms. The molecular weight excluding hydrogens is 204 g/mol. The Morgan fingerprint density at radius 1 is 1.44 bits per heavy atom. The van der Waals surface area contributed by atoms with Gasteiger partial charge >= 0.3 is 5.97 Å². The van der Waals surface area contributed by atoms with Crippen LogP contribution in [0.3, 0.4) is 0 Å². The summed E-state index contributed by atoms with van der Waals surface area (Å²) in [5.74, 6) is 0.0947. The van der Waals surface area contributed by atoms with Crippen LogP contribution in [0.25, 0.3) is 0 Å². The minimum absolute atomic E-state index is 0.0231. The zero-order valence-corrected chi connectivity index (χ0v) is 9.56. The number of carboxylic acids is 1. The predicted molar refractivity (Wildman–Crippen MR) is 60.7 cm³/mol. The van der Waals surface area contributed by atoms with E-state index in [0.29, 0.717) is 6.61 Å². The van der Waals surface area contributed by atoms with Crippen molar-refractivity contribution in [3.8, 4) is 5.75 Å². The van der Waals surface area contributed by atoms with Crippen LogP contribution < -0.4 is 4.74 Å². The van der Waals surface area contributed by atoms with Gasteiger partial charge in [0.25, 0.3) is 0 Å². The lowest BCUT2D eigenvalue weighted by atomic mass is 9.72. The Morgan fingerprint density at radius 3 is 2.81 bits per heavy atom. The largest absolute Gasteiger partial charge is 0.493 e. The second-order valence-corrected chi connectivity index (χ2v) is 4.75. The molecule has 1 aliphatic heterocycles. The number of aliphatic carboxylic acids is 1. The molecule has 1 N–H and O–H groups in total. The third-order valence-electron chi connectivity index (χ3n) is 3.38. The third kappa shape index (κ3) is 1.66. The van der Waals surface area contributed by atoms with E-state index in [1.54, 1.807) is 13.8 Å². The van der Waals surface area contributed by atoms with Gasteiger partial charge in [-0.05, 0) is 31.9 Å². The summed E-state index contributed by atoms with van der Waals surface area (Å²) >= 11 is 0. The van der Waals surface area contributed by atoms with Crippen LogP contribution in [0.15, 0.2) is 24.3 Å². The molecule has 3 nitrogen and oxygen atoms in total. The van der Waals surface area contributed by atoms with Gasteiger partial charge in [0.1, 0.15) is 5.75 Å². The van der Waals surface area contributed by atoms with Crippen molar-refractivity contribution in [2.75, 3.05) is 6.61 Å². The van der Waals surface area contributed by atoms with E-state index in [0.717, 1.165) is 17.7 Å². The van der Waals surface area contributed by atoms with Crippen molar-refractivity contribution in [3.63, 3.8) is 0 Å². The number of hydrogen-bond donors (Lipinski definition) is 1. The van der Waals surface area contributed by atoms with Gasteiger partial charge < -0.3 is 9.84 Å². The first-order valence-electron chi connectivity index (χ1n) is 5.48. The number of benzene rings is 1. The number of carbonyl (C=O) groups is 1. The standard InChI is InChI=1S/C13H16O3/c1-13(2,12(14)15)10-7-8-16-11-6-4-3-5-9(10)11/h3-6,10H,7-8H2,1-2H3,(H,14,15). The lowest BCUT2D eigenvalue weighted by Crippen LogP contribution is -2.34. The Balaban J connectivity index is 2.42. The number of carboxylic acid groups (broad SMARTS) is 1. The number of rotatable bonds is 2. The van der Waals surface area contributed by atoms with Crippen LogP contribution in [0.2, 0.25) is 0 Å². The van der Waals surface area contributed by atoms with Crippen molar-refractivity contribution >= 4 is 5.97 Å². The van der Waals surface area contributed by atoms with Crippen molar-refractivity contribution in [1.29, 1.82) is 0 Å². The number of para-hydroxylation sites is 1. The zero-order valence-electron chi connectivity index (χ0n) is 9.56. The molecule has 1 aliphatic rings. The maximum Gasteiger partial charge on any atom is 0.309 e. The predicted octanol–water partition coefficient (Wildman–Crippen LogP) is 2.66. The Kier molecular flexibility index (Phi) is 2.62. The van der Waals surface area contributed by atoms with Gasteiger partial charge in [-0.25, -0.2) is 0 Å². The van der Waals surface area contributed by atoms with Crippen molar-refractivity contribution in [3.05, 3.63) is 29.8 Å². The Hall–Kier alpha value is -1.51. The maximum absolute atomic E-state index is 11.3. The van der Waals surface area contributed by atoms with Crippen LogP contribution >= 0.6 is 0 Å². The average Bonchev–Trinajstić information content (AvgIpc) is 2.28. The molecule has 0 radical (unpaired) electrons. The van der Waals surface area contributed by atoms with Crippen LogP contribution in [-0.2, 0) is 4.79 Å². The highest BCUT2D eigenvalue weighted by molar-refractivity contribution is 5.75. The molecule has 1 atom stereocenters. The van der Waals surface area contributed by atoms with Crippen molar-refractivity contribution in [2.45, 2.75) is 26.2 Å². The van der Waals surface area contributed by atoms with Crippen molar-refractivity contribution in [1.82, 2.24) is 0 Å². The second kappa shape index (κ2) is 3.81. The monoisotopic (exact) mass is 220 g/mol. The second-order valence-electron chi connectivity index (χ2n) is 4.75. The smallest absolute Gasteiger partial charge is 0.309 e. The third-order valence-corrected chi connectivity index (χ3v) is 3.38. The lowest BCUT2D eigenvalue weighted by molar-refractivity contribution is -0.148. The van der Waals surface area contributed by atoms with E-state index in [1.807, 2.05) is 24.3 Å². The van der Waals surface area contributed by atoms with Gasteiger partial charge in [-0.2, -0.15) is 0 Å². The van der Waals surface area contributed by atoms with Gasteiger partial charge in [-0.1, -0.05) is 18.2 Å². The Morgan fingerprint density at radius 2 is 2.12 bits per heavy atom. The number of hydrogen-bond acceptors (Lipinski definition) is 2. The summed E-state index contributed by atoms with van der Waals surface area (Å²) in [6.07, 6.45) is 0.760. The van der Waals surface area contributed by atoms with Gasteiger partial charge in [0, 0.05) is 5.92 Å². The van der Waals surface area contributed by atoms with Crippen molar-refractivity contribution in [2.24, 2.45) is 5.41 Å². The molecule has 0 saturated heterocycles. The van der Waals surface area contributed by atoms with E-state index in [1.165, 1.54) is 0 Å². The van der Waals surface area contributed by atoms with Crippen LogP contribution in [0.4, 0.5) is 0 Å². The van der Waals surface area contributed by atoms with E-state index in [9.17, 15) is 9.90 Å². The zero-order chi connectivity index (χ0) is 11.8. The normalized spacial score (nSPS) is 19.8. The first kappa shape index (κ1) is 11.0. The first-order valence-corrected chi connectivity index (χ1v) is 5.48. The highest BCUT2D eigenvalue weighted by atomic mass is 16.5. The highest BCUT2D eigenvalue weighted by Gasteiger charge is 2.40. The van der Waals surface area contributed by atoms with E-state index in [2.05, 4.69) is 0 Å². The van der Waals surface area contributed by atoms with Gasteiger partial charge in [-0.15, -0.1) is 0 Å². The molecule has 86 valence electrons. The summed E-state index contributed by atoms with van der Waals surface area (Å²) in [4.78, 5) is 11.3. The van der Waals surface area contributed by atoms with Crippen LogP contribution in [0.5, 0.6) is 5.75 Å². The van der Waals surface area contributed by atoms with Crippen LogP contribution in [-0.4, -0.2) is 17.7 Å². The minimum Gasteiger partial charge on any atom is -0.493 e. The van der Waals surface area contributed by atoms with Crippen LogP contribution in [0, 0.1) is 5.41 Å². The molecule has 1 aromatic carbocycles. The molecule has 0 fully saturated rings. The van der Waals surface area contributed by atoms with Gasteiger partial charge in [0.05, 0.1) is 12.0 Å². The lowest BCUT2D eigenvalue weighted by Gasteiger charge is -2.35. The summed E-state index contributed by atoms with van der Waals surface area (Å²) in [6, 6.07) is 7.71. The molecule has 0 amide bonds. The summed E-state index contributed by atoms with van der Waals surface area (Å²) in [5, 5.41) is 9.28. The number of fused-ring (bicyclic) bond motifs is 1. The van der Waals surface area contributed by atoms with E-state index >= 15 is 0 Å². The first-order chi connectivity index (χ1) is 7.53. The van der Waals surface area contributed by atoms with E-state index < -0.39 is 11.4 Å². The molecule has 0 spiro atoms. The molecule has 0 saturated carbocycles. The molecule has 0 aliphatic carbocycles.